The molecule has 6 atom stereocenters. The molecule has 256 valence electrons. The van der Waals surface area contributed by atoms with Crippen molar-refractivity contribution in [3.8, 4) is 16.8 Å². The first kappa shape index (κ1) is 33.2. The monoisotopic (exact) mass is 705 g/mol. The van der Waals surface area contributed by atoms with Crippen LogP contribution in [0.5, 0.6) is 0 Å². The summed E-state index contributed by atoms with van der Waals surface area (Å²) in [7, 11) is 0. The van der Waals surface area contributed by atoms with Crippen LogP contribution in [0.2, 0.25) is 5.02 Å². The van der Waals surface area contributed by atoms with Gasteiger partial charge in [-0.25, -0.2) is 22.8 Å². The number of hydrogen-bond acceptors (Lipinski definition) is 7. The first-order valence-corrected chi connectivity index (χ1v) is 15.4. The Kier molecular flexibility index (Phi) is 8.51. The van der Waals surface area contributed by atoms with Gasteiger partial charge in [0.2, 0.25) is 0 Å². The minimum atomic E-state index is -4.81. The van der Waals surface area contributed by atoms with Crippen LogP contribution in [0.15, 0.2) is 66.9 Å². The molecule has 7 rings (SSSR count). The standard InChI is InChI=1S/C33H26ClF6N5O4/c1-15-41-32(45(42-15)24-12-18(34)7-8-20(24)33(38,39)40)31-28(47)27(30-29(49-31)25(46)14-48-30)44-13-19(17-10-21(35)26(37)22(36)11-17)23(43-44)9-16-5-3-2-4-6-16/h2-8,10-13,25,27-31,46-47H,9,14H2,1H3/t25?,27?,28?,29?,30-,31-/m1/s1. The fraction of sp³-hybridized carbons (Fsp3) is 0.303. The molecule has 49 heavy (non-hydrogen) atoms. The number of benzene rings is 3. The molecule has 2 fully saturated rings. The smallest absolute Gasteiger partial charge is 0.388 e. The van der Waals surface area contributed by atoms with E-state index in [0.29, 0.717) is 5.69 Å². The normalized spacial score (nSPS) is 24.0. The fourth-order valence-electron chi connectivity index (χ4n) is 6.39. The second-order valence-electron chi connectivity index (χ2n) is 11.8. The van der Waals surface area contributed by atoms with Crippen molar-refractivity contribution in [3.05, 3.63) is 118 Å². The SMILES string of the molecule is Cc1nc([C@@H]2OC3C(O)CO[C@@H]3C(n3cc(-c4cc(F)c(F)c(F)c4)c(Cc4ccccc4)n3)C2O)n(-c2cc(Cl)ccc2C(F)(F)F)n1. The molecule has 0 aliphatic carbocycles. The summed E-state index contributed by atoms with van der Waals surface area (Å²) >= 11 is 6.10. The lowest BCUT2D eigenvalue weighted by molar-refractivity contribution is -0.196. The zero-order chi connectivity index (χ0) is 34.8. The van der Waals surface area contributed by atoms with E-state index in [9.17, 15) is 36.6 Å². The number of aromatic nitrogens is 5. The molecule has 0 radical (unpaired) electrons. The predicted molar refractivity (Wildman–Crippen MR) is 161 cm³/mol. The van der Waals surface area contributed by atoms with Crippen LogP contribution in [0.4, 0.5) is 26.3 Å². The number of aryl methyl sites for hydroxylation is 1. The van der Waals surface area contributed by atoms with Gasteiger partial charge >= 0.3 is 6.18 Å². The second kappa shape index (κ2) is 12.6. The van der Waals surface area contributed by atoms with Crippen molar-refractivity contribution in [1.29, 1.82) is 0 Å². The van der Waals surface area contributed by atoms with E-state index in [0.717, 1.165) is 40.6 Å². The van der Waals surface area contributed by atoms with Crippen LogP contribution in [0.1, 0.15) is 40.6 Å². The van der Waals surface area contributed by atoms with Crippen molar-refractivity contribution in [2.24, 2.45) is 0 Å². The Hall–Kier alpha value is -4.28. The van der Waals surface area contributed by atoms with Crippen LogP contribution < -0.4 is 0 Å². The number of aliphatic hydroxyl groups excluding tert-OH is 2. The minimum absolute atomic E-state index is 0.0200. The van der Waals surface area contributed by atoms with E-state index in [4.69, 9.17) is 21.1 Å². The van der Waals surface area contributed by atoms with Crippen molar-refractivity contribution in [2.45, 2.75) is 56.1 Å². The largest absolute Gasteiger partial charge is 0.418 e. The highest BCUT2D eigenvalue weighted by Gasteiger charge is 2.55. The Balaban J connectivity index is 1.36. The molecule has 2 saturated heterocycles. The third kappa shape index (κ3) is 6.10. The van der Waals surface area contributed by atoms with Crippen LogP contribution in [0.25, 0.3) is 16.8 Å². The average Bonchev–Trinajstić information content (AvgIpc) is 3.75. The van der Waals surface area contributed by atoms with E-state index in [-0.39, 0.29) is 40.8 Å². The molecule has 4 unspecified atom stereocenters. The Morgan fingerprint density at radius 3 is 2.37 bits per heavy atom. The number of alkyl halides is 3. The molecule has 0 spiro atoms. The summed E-state index contributed by atoms with van der Waals surface area (Å²) in [6.07, 6.45) is -9.74. The van der Waals surface area contributed by atoms with Crippen LogP contribution in [0, 0.1) is 24.4 Å². The molecular weight excluding hydrogens is 680 g/mol. The Morgan fingerprint density at radius 1 is 0.959 bits per heavy atom. The van der Waals surface area contributed by atoms with Crippen molar-refractivity contribution in [2.75, 3.05) is 6.61 Å². The molecule has 5 aromatic rings. The third-order valence-corrected chi connectivity index (χ3v) is 8.81. The van der Waals surface area contributed by atoms with E-state index in [2.05, 4.69) is 15.2 Å². The van der Waals surface area contributed by atoms with Crippen molar-refractivity contribution in [3.63, 3.8) is 0 Å². The third-order valence-electron chi connectivity index (χ3n) is 8.57. The van der Waals surface area contributed by atoms with E-state index in [1.165, 1.54) is 17.8 Å². The Bertz CT molecular complexity index is 2000. The number of nitrogens with zero attached hydrogens (tertiary/aromatic N) is 5. The van der Waals surface area contributed by atoms with Gasteiger partial charge in [0.1, 0.15) is 42.4 Å². The van der Waals surface area contributed by atoms with Gasteiger partial charge in [0.05, 0.1) is 23.6 Å². The van der Waals surface area contributed by atoms with Crippen LogP contribution in [-0.4, -0.2) is 65.8 Å². The summed E-state index contributed by atoms with van der Waals surface area (Å²) < 4.78 is 99.3. The molecule has 2 aliphatic heterocycles. The summed E-state index contributed by atoms with van der Waals surface area (Å²) in [5.41, 5.74) is -0.298. The first-order chi connectivity index (χ1) is 23.3. The lowest BCUT2D eigenvalue weighted by atomic mass is 9.91. The zero-order valence-electron chi connectivity index (χ0n) is 25.3. The van der Waals surface area contributed by atoms with Crippen LogP contribution in [-0.2, 0) is 22.1 Å². The van der Waals surface area contributed by atoms with Crippen LogP contribution >= 0.6 is 11.6 Å². The van der Waals surface area contributed by atoms with Gasteiger partial charge < -0.3 is 19.7 Å². The molecule has 16 heteroatoms. The number of aliphatic hydroxyl groups is 2. The topological polar surface area (TPSA) is 107 Å². The maximum absolute atomic E-state index is 14.4. The van der Waals surface area contributed by atoms with Crippen molar-refractivity contribution >= 4 is 11.6 Å². The van der Waals surface area contributed by atoms with Gasteiger partial charge in [-0.15, -0.1) is 0 Å². The molecule has 0 amide bonds. The maximum Gasteiger partial charge on any atom is 0.418 e. The van der Waals surface area contributed by atoms with E-state index in [1.54, 1.807) is 30.3 Å². The molecule has 4 heterocycles. The van der Waals surface area contributed by atoms with E-state index >= 15 is 0 Å². The highest BCUT2D eigenvalue weighted by Crippen LogP contribution is 2.45. The number of fused-ring (bicyclic) bond motifs is 1. The highest BCUT2D eigenvalue weighted by molar-refractivity contribution is 6.30. The predicted octanol–water partition coefficient (Wildman–Crippen LogP) is 5.92. The molecule has 2 aliphatic rings. The molecule has 2 N–H and O–H groups in total. The zero-order valence-corrected chi connectivity index (χ0v) is 26.1. The molecule has 3 aromatic carbocycles. The molecular formula is C33H26ClF6N5O4. The fourth-order valence-corrected chi connectivity index (χ4v) is 6.56. The summed E-state index contributed by atoms with van der Waals surface area (Å²) in [5, 5.41) is 31.7. The minimum Gasteiger partial charge on any atom is -0.388 e. The summed E-state index contributed by atoms with van der Waals surface area (Å²) in [6.45, 7) is 1.24. The quantitative estimate of drug-likeness (QED) is 0.167. The number of halogens is 7. The maximum atomic E-state index is 14.4. The number of rotatable bonds is 6. The van der Waals surface area contributed by atoms with Gasteiger partial charge in [0.15, 0.2) is 23.3 Å². The van der Waals surface area contributed by atoms with E-state index in [1.807, 2.05) is 0 Å². The second-order valence-corrected chi connectivity index (χ2v) is 12.3. The van der Waals surface area contributed by atoms with Gasteiger partial charge in [0.25, 0.3) is 0 Å². The number of ether oxygens (including phenoxy) is 2. The first-order valence-electron chi connectivity index (χ1n) is 15.0. The van der Waals surface area contributed by atoms with Gasteiger partial charge in [-0.05, 0) is 48.4 Å². The molecule has 0 saturated carbocycles. The lowest BCUT2D eigenvalue weighted by Gasteiger charge is -2.41. The van der Waals surface area contributed by atoms with Gasteiger partial charge in [-0.2, -0.15) is 23.4 Å². The average molecular weight is 706 g/mol. The van der Waals surface area contributed by atoms with Crippen molar-refractivity contribution < 1.29 is 46.0 Å². The Labute approximate surface area is 279 Å². The van der Waals surface area contributed by atoms with Crippen LogP contribution in [0.3, 0.4) is 0 Å². The summed E-state index contributed by atoms with van der Waals surface area (Å²) in [6, 6.07) is 12.4. The highest BCUT2D eigenvalue weighted by atomic mass is 35.5. The lowest BCUT2D eigenvalue weighted by Crippen LogP contribution is -2.52. The van der Waals surface area contributed by atoms with Gasteiger partial charge in [-0.1, -0.05) is 41.9 Å². The van der Waals surface area contributed by atoms with Gasteiger partial charge in [0, 0.05) is 23.2 Å². The molecule has 0 bridgehead atoms. The molecule has 9 nitrogen and oxygen atoms in total. The Morgan fingerprint density at radius 2 is 1.67 bits per heavy atom. The van der Waals surface area contributed by atoms with E-state index < -0.39 is 71.4 Å². The number of hydrogen-bond donors (Lipinski definition) is 2. The molecule has 2 aromatic heterocycles. The van der Waals surface area contributed by atoms with Crippen molar-refractivity contribution in [1.82, 2.24) is 24.5 Å². The summed E-state index contributed by atoms with van der Waals surface area (Å²) in [5.74, 6) is -4.66. The van der Waals surface area contributed by atoms with Gasteiger partial charge in [-0.3, -0.25) is 4.68 Å². The summed E-state index contributed by atoms with van der Waals surface area (Å²) in [4.78, 5) is 4.32.